The minimum Gasteiger partial charge on any atom is -0.314 e. The first-order chi connectivity index (χ1) is 6.61. The minimum absolute atomic E-state index is 0.468. The Kier molecular flexibility index (Phi) is 4.11. The van der Waals surface area contributed by atoms with Crippen LogP contribution >= 0.6 is 15.9 Å². The first kappa shape index (κ1) is 11.7. The molecular formula is C10H18BrN3. The van der Waals surface area contributed by atoms with Crippen LogP contribution in [0.15, 0.2) is 0 Å². The highest BCUT2D eigenvalue weighted by molar-refractivity contribution is 9.08. The number of alkyl halides is 1. The van der Waals surface area contributed by atoms with E-state index in [0.717, 1.165) is 23.5 Å². The standard InChI is InChI=1S/C10H18BrN3/c1-5-14-9(6-11)12-13-10(14)8(4)7(2)3/h7-8H,5-6H2,1-4H3. The Labute approximate surface area is 94.0 Å². The third-order valence-corrected chi connectivity index (χ3v) is 3.20. The second-order valence-electron chi connectivity index (χ2n) is 3.89. The molecule has 1 heterocycles. The van der Waals surface area contributed by atoms with Crippen molar-refractivity contribution in [3.8, 4) is 0 Å². The average molecular weight is 260 g/mol. The quantitative estimate of drug-likeness (QED) is 0.779. The number of nitrogens with zero attached hydrogens (tertiary/aromatic N) is 3. The molecule has 0 aromatic carbocycles. The van der Waals surface area contributed by atoms with Gasteiger partial charge in [0.1, 0.15) is 11.6 Å². The van der Waals surface area contributed by atoms with Gasteiger partial charge in [0.05, 0.1) is 5.33 Å². The number of hydrogen-bond donors (Lipinski definition) is 0. The van der Waals surface area contributed by atoms with Crippen molar-refractivity contribution in [1.29, 1.82) is 0 Å². The summed E-state index contributed by atoms with van der Waals surface area (Å²) in [5.74, 6) is 3.20. The zero-order valence-corrected chi connectivity index (χ0v) is 10.9. The molecule has 80 valence electrons. The van der Waals surface area contributed by atoms with Crippen LogP contribution in [-0.2, 0) is 11.9 Å². The Morgan fingerprint density at radius 1 is 1.29 bits per heavy atom. The van der Waals surface area contributed by atoms with E-state index in [1.807, 2.05) is 0 Å². The van der Waals surface area contributed by atoms with Crippen LogP contribution in [0.2, 0.25) is 0 Å². The lowest BCUT2D eigenvalue weighted by Crippen LogP contribution is -2.11. The highest BCUT2D eigenvalue weighted by atomic mass is 79.9. The maximum atomic E-state index is 4.26. The molecule has 1 aromatic heterocycles. The molecule has 0 aliphatic heterocycles. The van der Waals surface area contributed by atoms with E-state index < -0.39 is 0 Å². The molecule has 1 atom stereocenters. The van der Waals surface area contributed by atoms with E-state index in [0.29, 0.717) is 11.8 Å². The van der Waals surface area contributed by atoms with Crippen LogP contribution in [0.25, 0.3) is 0 Å². The summed E-state index contributed by atoms with van der Waals surface area (Å²) in [6.45, 7) is 9.71. The summed E-state index contributed by atoms with van der Waals surface area (Å²) in [4.78, 5) is 0. The molecule has 0 N–H and O–H groups in total. The van der Waals surface area contributed by atoms with Crippen molar-refractivity contribution < 1.29 is 0 Å². The summed E-state index contributed by atoms with van der Waals surface area (Å²) in [6.07, 6.45) is 0. The van der Waals surface area contributed by atoms with Gasteiger partial charge in [-0.25, -0.2) is 0 Å². The lowest BCUT2D eigenvalue weighted by molar-refractivity contribution is 0.484. The molecule has 1 unspecified atom stereocenters. The number of rotatable bonds is 4. The van der Waals surface area contributed by atoms with Crippen molar-refractivity contribution in [2.45, 2.75) is 45.5 Å². The molecule has 4 heteroatoms. The van der Waals surface area contributed by atoms with Crippen molar-refractivity contribution in [2.75, 3.05) is 0 Å². The molecule has 0 aliphatic carbocycles. The van der Waals surface area contributed by atoms with Gasteiger partial charge in [0, 0.05) is 12.5 Å². The van der Waals surface area contributed by atoms with E-state index in [-0.39, 0.29) is 0 Å². The SMILES string of the molecule is CCn1c(CBr)nnc1C(C)C(C)C. The molecule has 0 fully saturated rings. The van der Waals surface area contributed by atoms with E-state index in [9.17, 15) is 0 Å². The van der Waals surface area contributed by atoms with Gasteiger partial charge >= 0.3 is 0 Å². The second kappa shape index (κ2) is 4.91. The summed E-state index contributed by atoms with van der Waals surface area (Å²) in [6, 6.07) is 0. The van der Waals surface area contributed by atoms with E-state index in [4.69, 9.17) is 0 Å². The Bertz CT molecular complexity index is 294. The molecule has 1 rings (SSSR count). The number of aromatic nitrogens is 3. The van der Waals surface area contributed by atoms with Gasteiger partial charge in [-0.05, 0) is 12.8 Å². The third kappa shape index (κ3) is 2.16. The molecule has 0 aliphatic rings. The van der Waals surface area contributed by atoms with Crippen LogP contribution in [0.3, 0.4) is 0 Å². The van der Waals surface area contributed by atoms with Gasteiger partial charge in [0.25, 0.3) is 0 Å². The molecule has 14 heavy (non-hydrogen) atoms. The summed E-state index contributed by atoms with van der Waals surface area (Å²) in [7, 11) is 0. The predicted octanol–water partition coefficient (Wildman–Crippen LogP) is 2.95. The van der Waals surface area contributed by atoms with Crippen LogP contribution in [0.4, 0.5) is 0 Å². The molecule has 0 radical (unpaired) electrons. The van der Waals surface area contributed by atoms with E-state index in [2.05, 4.69) is 58.4 Å². The maximum Gasteiger partial charge on any atom is 0.143 e. The molecule has 0 spiro atoms. The van der Waals surface area contributed by atoms with Crippen LogP contribution in [0.5, 0.6) is 0 Å². The Hall–Kier alpha value is -0.380. The number of halogens is 1. The molecule has 0 amide bonds. The molecule has 0 bridgehead atoms. The molecular weight excluding hydrogens is 242 g/mol. The Balaban J connectivity index is 3.02. The van der Waals surface area contributed by atoms with Gasteiger partial charge in [-0.2, -0.15) is 0 Å². The fraction of sp³-hybridized carbons (Fsp3) is 0.800. The highest BCUT2D eigenvalue weighted by Gasteiger charge is 2.18. The topological polar surface area (TPSA) is 30.7 Å². The number of hydrogen-bond acceptors (Lipinski definition) is 2. The molecule has 1 aromatic rings. The average Bonchev–Trinajstić information content (AvgIpc) is 2.58. The second-order valence-corrected chi connectivity index (χ2v) is 4.45. The largest absolute Gasteiger partial charge is 0.314 e. The summed E-state index contributed by atoms with van der Waals surface area (Å²) in [5.41, 5.74) is 0. The van der Waals surface area contributed by atoms with Gasteiger partial charge in [0.15, 0.2) is 0 Å². The van der Waals surface area contributed by atoms with E-state index in [1.54, 1.807) is 0 Å². The van der Waals surface area contributed by atoms with Gasteiger partial charge < -0.3 is 4.57 Å². The highest BCUT2D eigenvalue weighted by Crippen LogP contribution is 2.23. The third-order valence-electron chi connectivity index (χ3n) is 2.70. The monoisotopic (exact) mass is 259 g/mol. The van der Waals surface area contributed by atoms with Crippen LogP contribution < -0.4 is 0 Å². The summed E-state index contributed by atoms with van der Waals surface area (Å²) < 4.78 is 2.19. The lowest BCUT2D eigenvalue weighted by Gasteiger charge is -2.15. The Morgan fingerprint density at radius 2 is 1.93 bits per heavy atom. The zero-order chi connectivity index (χ0) is 10.7. The minimum atomic E-state index is 0.468. The van der Waals surface area contributed by atoms with E-state index in [1.165, 1.54) is 0 Å². The summed E-state index contributed by atoms with van der Waals surface area (Å²) >= 11 is 3.43. The van der Waals surface area contributed by atoms with Crippen molar-refractivity contribution in [2.24, 2.45) is 5.92 Å². The Morgan fingerprint density at radius 3 is 2.36 bits per heavy atom. The summed E-state index contributed by atoms with van der Waals surface area (Å²) in [5, 5.41) is 9.21. The maximum absolute atomic E-state index is 4.26. The molecule has 3 nitrogen and oxygen atoms in total. The van der Waals surface area contributed by atoms with Crippen LogP contribution in [0, 0.1) is 5.92 Å². The first-order valence-corrected chi connectivity index (χ1v) is 6.21. The normalized spacial score (nSPS) is 13.6. The molecule has 0 saturated carbocycles. The lowest BCUT2D eigenvalue weighted by atomic mass is 9.97. The van der Waals surface area contributed by atoms with Crippen molar-refractivity contribution in [3.05, 3.63) is 11.6 Å². The smallest absolute Gasteiger partial charge is 0.143 e. The van der Waals surface area contributed by atoms with Crippen molar-refractivity contribution in [1.82, 2.24) is 14.8 Å². The van der Waals surface area contributed by atoms with Crippen LogP contribution in [0.1, 0.15) is 45.3 Å². The first-order valence-electron chi connectivity index (χ1n) is 5.09. The fourth-order valence-electron chi connectivity index (χ4n) is 1.43. The van der Waals surface area contributed by atoms with Gasteiger partial charge in [-0.1, -0.05) is 36.7 Å². The fourth-order valence-corrected chi connectivity index (χ4v) is 1.84. The van der Waals surface area contributed by atoms with Gasteiger partial charge in [-0.15, -0.1) is 10.2 Å². The molecule has 0 saturated heterocycles. The van der Waals surface area contributed by atoms with Crippen molar-refractivity contribution in [3.63, 3.8) is 0 Å². The predicted molar refractivity (Wildman–Crippen MR) is 61.6 cm³/mol. The van der Waals surface area contributed by atoms with Crippen molar-refractivity contribution >= 4 is 15.9 Å². The zero-order valence-electron chi connectivity index (χ0n) is 9.29. The van der Waals surface area contributed by atoms with Gasteiger partial charge in [0.2, 0.25) is 0 Å². The van der Waals surface area contributed by atoms with Crippen LogP contribution in [-0.4, -0.2) is 14.8 Å². The van der Waals surface area contributed by atoms with Gasteiger partial charge in [-0.3, -0.25) is 0 Å². The van der Waals surface area contributed by atoms with E-state index >= 15 is 0 Å².